The van der Waals surface area contributed by atoms with E-state index in [1.807, 2.05) is 24.4 Å². The molecule has 0 spiro atoms. The number of nitrogens with zero attached hydrogens (tertiary/aromatic N) is 1. The summed E-state index contributed by atoms with van der Waals surface area (Å²) in [5, 5.41) is 6.36. The molecule has 1 amide bonds. The molecule has 2 heterocycles. The first-order valence-electron chi connectivity index (χ1n) is 7.97. The summed E-state index contributed by atoms with van der Waals surface area (Å²) in [4.78, 5) is 16.5. The van der Waals surface area contributed by atoms with Crippen molar-refractivity contribution in [3.05, 3.63) is 71.6 Å². The molecule has 1 aliphatic carbocycles. The van der Waals surface area contributed by atoms with Crippen LogP contribution in [0.1, 0.15) is 39.9 Å². The van der Waals surface area contributed by atoms with Gasteiger partial charge in [0.1, 0.15) is 0 Å². The standard InChI is InChI=1S/C19H19N3O/c1-20-19(23)16-9-3-8-15-13-6-2-7-14(13)17(22-18(15)16)12-5-4-10-21-11-12/h2-6,8-11,13-14,17,22H,7H2,1H3,(H,20,23). The Morgan fingerprint density at radius 1 is 1.30 bits per heavy atom. The Kier molecular flexibility index (Phi) is 3.37. The minimum absolute atomic E-state index is 0.0558. The van der Waals surface area contributed by atoms with Crippen LogP contribution in [0.4, 0.5) is 5.69 Å². The van der Waals surface area contributed by atoms with E-state index in [9.17, 15) is 4.79 Å². The maximum absolute atomic E-state index is 12.2. The molecular formula is C19H19N3O. The molecule has 4 rings (SSSR count). The number of hydrogen-bond acceptors (Lipinski definition) is 3. The van der Waals surface area contributed by atoms with Gasteiger partial charge in [0.25, 0.3) is 5.91 Å². The van der Waals surface area contributed by atoms with E-state index >= 15 is 0 Å². The van der Waals surface area contributed by atoms with Gasteiger partial charge < -0.3 is 10.6 Å². The number of carbonyl (C=O) groups excluding carboxylic acids is 1. The summed E-state index contributed by atoms with van der Waals surface area (Å²) in [7, 11) is 1.67. The van der Waals surface area contributed by atoms with Gasteiger partial charge in [0, 0.05) is 25.4 Å². The molecule has 4 heteroatoms. The summed E-state index contributed by atoms with van der Waals surface area (Å²) in [5.41, 5.74) is 4.04. The number of fused-ring (bicyclic) bond motifs is 3. The van der Waals surface area contributed by atoms with Gasteiger partial charge in [0.2, 0.25) is 0 Å². The second-order valence-electron chi connectivity index (χ2n) is 6.11. The van der Waals surface area contributed by atoms with Gasteiger partial charge >= 0.3 is 0 Å². The number of pyridine rings is 1. The van der Waals surface area contributed by atoms with Crippen LogP contribution < -0.4 is 10.6 Å². The van der Waals surface area contributed by atoms with Crippen LogP contribution in [0.15, 0.2) is 54.9 Å². The SMILES string of the molecule is CNC(=O)c1cccc2c1NC(c1cccnc1)C1CC=CC21. The van der Waals surface area contributed by atoms with Crippen molar-refractivity contribution in [2.45, 2.75) is 18.4 Å². The molecule has 1 aromatic carbocycles. The minimum atomic E-state index is -0.0558. The number of rotatable bonds is 2. The van der Waals surface area contributed by atoms with Crippen LogP contribution in [0.3, 0.4) is 0 Å². The van der Waals surface area contributed by atoms with Crippen LogP contribution in [0.5, 0.6) is 0 Å². The lowest BCUT2D eigenvalue weighted by Gasteiger charge is -2.38. The summed E-state index contributed by atoms with van der Waals surface area (Å²) < 4.78 is 0. The van der Waals surface area contributed by atoms with Crippen molar-refractivity contribution >= 4 is 11.6 Å². The molecule has 2 aliphatic rings. The third-order valence-electron chi connectivity index (χ3n) is 4.91. The second-order valence-corrected chi connectivity index (χ2v) is 6.11. The number of benzene rings is 1. The number of carbonyl (C=O) groups is 1. The highest BCUT2D eigenvalue weighted by atomic mass is 16.1. The molecule has 116 valence electrons. The highest BCUT2D eigenvalue weighted by Gasteiger charge is 2.39. The number of amides is 1. The lowest BCUT2D eigenvalue weighted by atomic mass is 9.76. The van der Waals surface area contributed by atoms with Crippen molar-refractivity contribution in [1.29, 1.82) is 0 Å². The lowest BCUT2D eigenvalue weighted by Crippen LogP contribution is -2.31. The van der Waals surface area contributed by atoms with Crippen LogP contribution in [0.25, 0.3) is 0 Å². The van der Waals surface area contributed by atoms with Crippen molar-refractivity contribution in [3.8, 4) is 0 Å². The predicted molar refractivity (Wildman–Crippen MR) is 90.4 cm³/mol. The van der Waals surface area contributed by atoms with Crippen LogP contribution >= 0.6 is 0 Å². The first-order chi connectivity index (χ1) is 11.3. The third kappa shape index (κ3) is 2.22. The van der Waals surface area contributed by atoms with Crippen LogP contribution in [-0.2, 0) is 0 Å². The van der Waals surface area contributed by atoms with Crippen molar-refractivity contribution in [1.82, 2.24) is 10.3 Å². The molecule has 1 aliphatic heterocycles. The Bertz CT molecular complexity index is 769. The molecular weight excluding hydrogens is 286 g/mol. The largest absolute Gasteiger partial charge is 0.377 e. The summed E-state index contributed by atoms with van der Waals surface area (Å²) >= 11 is 0. The van der Waals surface area contributed by atoms with E-state index in [1.165, 1.54) is 11.1 Å². The van der Waals surface area contributed by atoms with Crippen molar-refractivity contribution in [3.63, 3.8) is 0 Å². The van der Waals surface area contributed by atoms with E-state index < -0.39 is 0 Å². The minimum Gasteiger partial charge on any atom is -0.377 e. The Morgan fingerprint density at radius 2 is 2.22 bits per heavy atom. The average Bonchev–Trinajstić information content (AvgIpc) is 3.10. The highest BCUT2D eigenvalue weighted by molar-refractivity contribution is 6.00. The Morgan fingerprint density at radius 3 is 3.00 bits per heavy atom. The van der Waals surface area contributed by atoms with Gasteiger partial charge in [-0.2, -0.15) is 0 Å². The fourth-order valence-electron chi connectivity index (χ4n) is 3.84. The molecule has 2 aromatic rings. The summed E-state index contributed by atoms with van der Waals surface area (Å²) in [5.74, 6) is 0.757. The number of para-hydroxylation sites is 1. The molecule has 0 saturated carbocycles. The topological polar surface area (TPSA) is 54.0 Å². The van der Waals surface area contributed by atoms with Gasteiger partial charge in [-0.1, -0.05) is 30.4 Å². The van der Waals surface area contributed by atoms with E-state index in [0.717, 1.165) is 12.1 Å². The predicted octanol–water partition coefficient (Wildman–Crippen LogP) is 3.27. The molecule has 0 radical (unpaired) electrons. The first kappa shape index (κ1) is 14.0. The van der Waals surface area contributed by atoms with E-state index in [4.69, 9.17) is 0 Å². The zero-order valence-corrected chi connectivity index (χ0v) is 13.0. The van der Waals surface area contributed by atoms with Gasteiger partial charge in [-0.3, -0.25) is 9.78 Å². The number of allylic oxidation sites excluding steroid dienone is 2. The van der Waals surface area contributed by atoms with Crippen molar-refractivity contribution < 1.29 is 4.79 Å². The molecule has 0 bridgehead atoms. The molecule has 1 aromatic heterocycles. The third-order valence-corrected chi connectivity index (χ3v) is 4.91. The van der Waals surface area contributed by atoms with Gasteiger partial charge in [-0.05, 0) is 35.6 Å². The van der Waals surface area contributed by atoms with Gasteiger partial charge in [0.05, 0.1) is 17.3 Å². The van der Waals surface area contributed by atoms with E-state index in [0.29, 0.717) is 17.4 Å². The van der Waals surface area contributed by atoms with Gasteiger partial charge in [-0.25, -0.2) is 0 Å². The lowest BCUT2D eigenvalue weighted by molar-refractivity contribution is 0.0963. The van der Waals surface area contributed by atoms with Crippen molar-refractivity contribution in [2.24, 2.45) is 5.92 Å². The van der Waals surface area contributed by atoms with Crippen LogP contribution in [0.2, 0.25) is 0 Å². The number of anilines is 1. The summed E-state index contributed by atoms with van der Waals surface area (Å²) in [6.07, 6.45) is 9.28. The molecule has 2 N–H and O–H groups in total. The highest BCUT2D eigenvalue weighted by Crippen LogP contribution is 2.50. The normalized spacial score (nSPS) is 24.5. The average molecular weight is 305 g/mol. The fourth-order valence-corrected chi connectivity index (χ4v) is 3.84. The molecule has 3 atom stereocenters. The Hall–Kier alpha value is -2.62. The molecule has 0 fully saturated rings. The van der Waals surface area contributed by atoms with Crippen molar-refractivity contribution in [2.75, 3.05) is 12.4 Å². The van der Waals surface area contributed by atoms with E-state index in [2.05, 4.69) is 39.9 Å². The van der Waals surface area contributed by atoms with Gasteiger partial charge in [-0.15, -0.1) is 0 Å². The summed E-state index contributed by atoms with van der Waals surface area (Å²) in [6, 6.07) is 10.2. The van der Waals surface area contributed by atoms with E-state index in [1.54, 1.807) is 13.2 Å². The van der Waals surface area contributed by atoms with Gasteiger partial charge in [0.15, 0.2) is 0 Å². The Balaban J connectivity index is 1.84. The number of nitrogens with one attached hydrogen (secondary N) is 2. The second kappa shape index (κ2) is 5.54. The van der Waals surface area contributed by atoms with Crippen LogP contribution in [0, 0.1) is 5.92 Å². The maximum Gasteiger partial charge on any atom is 0.253 e. The van der Waals surface area contributed by atoms with Crippen LogP contribution in [-0.4, -0.2) is 17.9 Å². The maximum atomic E-state index is 12.2. The first-order valence-corrected chi connectivity index (χ1v) is 7.97. The summed E-state index contributed by atoms with van der Waals surface area (Å²) in [6.45, 7) is 0. The molecule has 0 saturated heterocycles. The Labute approximate surface area is 135 Å². The zero-order valence-electron chi connectivity index (χ0n) is 13.0. The fraction of sp³-hybridized carbons (Fsp3) is 0.263. The number of aromatic nitrogens is 1. The monoisotopic (exact) mass is 305 g/mol. The zero-order chi connectivity index (χ0) is 15.8. The molecule has 23 heavy (non-hydrogen) atoms. The number of hydrogen-bond donors (Lipinski definition) is 2. The molecule has 3 unspecified atom stereocenters. The molecule has 4 nitrogen and oxygen atoms in total. The quantitative estimate of drug-likeness (QED) is 0.837. The smallest absolute Gasteiger partial charge is 0.253 e. The van der Waals surface area contributed by atoms with E-state index in [-0.39, 0.29) is 11.9 Å².